The summed E-state index contributed by atoms with van der Waals surface area (Å²) in [5, 5.41) is 4.11. The Kier molecular flexibility index (Phi) is 5.45. The summed E-state index contributed by atoms with van der Waals surface area (Å²) in [7, 11) is 0. The lowest BCUT2D eigenvalue weighted by Gasteiger charge is -2.38. The first-order chi connectivity index (χ1) is 15.3. The Labute approximate surface area is 199 Å². The number of nitrogen functional groups attached to an aromatic ring is 1. The van der Waals surface area contributed by atoms with Gasteiger partial charge in [0.05, 0.1) is 6.33 Å². The first-order valence-corrected chi connectivity index (χ1v) is 12.1. The molecule has 1 aromatic carbocycles. The van der Waals surface area contributed by atoms with Crippen LogP contribution in [0.15, 0.2) is 45.3 Å². The van der Waals surface area contributed by atoms with Crippen molar-refractivity contribution in [3.05, 3.63) is 35.2 Å². The van der Waals surface area contributed by atoms with Crippen LogP contribution in [0.4, 0.5) is 5.82 Å². The molecule has 1 atom stereocenters. The number of nitrogens with two attached hydrogens (primary N) is 1. The lowest BCUT2D eigenvalue weighted by Crippen LogP contribution is -2.44. The van der Waals surface area contributed by atoms with Crippen LogP contribution in [0.5, 0.6) is 11.5 Å². The predicted octanol–water partition coefficient (Wildman–Crippen LogP) is 4.68. The molecule has 4 aliphatic rings. The van der Waals surface area contributed by atoms with Gasteiger partial charge in [-0.3, -0.25) is 0 Å². The largest absolute Gasteiger partial charge is 0.454 e. The normalized spacial score (nSPS) is 19.3. The molecule has 4 aliphatic heterocycles. The van der Waals surface area contributed by atoms with Crippen molar-refractivity contribution in [1.29, 1.82) is 0 Å². The van der Waals surface area contributed by atoms with E-state index in [1.165, 1.54) is 11.8 Å². The molecule has 1 unspecified atom stereocenters. The van der Waals surface area contributed by atoms with E-state index in [1.807, 2.05) is 12.1 Å². The Hall–Kier alpha value is -2.46. The summed E-state index contributed by atoms with van der Waals surface area (Å²) >= 11 is 5.05. The van der Waals surface area contributed by atoms with Crippen molar-refractivity contribution >= 4 is 33.5 Å². The highest BCUT2D eigenvalue weighted by Gasteiger charge is 2.29. The zero-order valence-electron chi connectivity index (χ0n) is 18.0. The third-order valence-corrected chi connectivity index (χ3v) is 7.57. The minimum atomic E-state index is 0.0707. The van der Waals surface area contributed by atoms with Crippen molar-refractivity contribution in [2.75, 3.05) is 12.5 Å². The summed E-state index contributed by atoms with van der Waals surface area (Å²) in [5.41, 5.74) is 7.93. The number of fused-ring (bicyclic) bond motifs is 2. The monoisotopic (exact) mass is 516 g/mol. The third kappa shape index (κ3) is 4.25. The molecule has 168 valence electrons. The van der Waals surface area contributed by atoms with Gasteiger partial charge in [0, 0.05) is 27.1 Å². The van der Waals surface area contributed by atoms with Crippen molar-refractivity contribution in [2.24, 2.45) is 5.92 Å². The zero-order valence-corrected chi connectivity index (χ0v) is 20.4. The molecule has 3 N–H and O–H groups in total. The highest BCUT2D eigenvalue weighted by molar-refractivity contribution is 9.10. The second-order valence-corrected chi connectivity index (χ2v) is 10.8. The van der Waals surface area contributed by atoms with E-state index in [0.29, 0.717) is 22.6 Å². The predicted molar refractivity (Wildman–Crippen MR) is 127 cm³/mol. The number of benzene rings is 1. The number of rotatable bonds is 5. The van der Waals surface area contributed by atoms with Crippen LogP contribution in [-0.4, -0.2) is 31.9 Å². The Morgan fingerprint density at radius 3 is 2.88 bits per heavy atom. The van der Waals surface area contributed by atoms with Crippen LogP contribution in [0.2, 0.25) is 0 Å². The van der Waals surface area contributed by atoms with Crippen LogP contribution in [-0.2, 0) is 6.54 Å². The number of halogens is 1. The molecule has 5 rings (SSSR count). The lowest BCUT2D eigenvalue weighted by molar-refractivity contribution is 0.174. The zero-order chi connectivity index (χ0) is 22.5. The van der Waals surface area contributed by atoms with Crippen molar-refractivity contribution in [2.45, 2.75) is 55.2 Å². The summed E-state index contributed by atoms with van der Waals surface area (Å²) in [6, 6.07) is 3.83. The van der Waals surface area contributed by atoms with Gasteiger partial charge in [-0.25, -0.2) is 15.0 Å². The van der Waals surface area contributed by atoms with E-state index < -0.39 is 0 Å². The fourth-order valence-electron chi connectivity index (χ4n) is 4.47. The van der Waals surface area contributed by atoms with Crippen LogP contribution in [0, 0.1) is 5.92 Å². The van der Waals surface area contributed by atoms with Crippen LogP contribution >= 0.6 is 27.7 Å². The number of ether oxygens (including phenoxy) is 2. The van der Waals surface area contributed by atoms with Gasteiger partial charge < -0.3 is 25.1 Å². The van der Waals surface area contributed by atoms with Crippen molar-refractivity contribution in [3.63, 3.8) is 0 Å². The molecular formula is C22H25BrN6O2S. The van der Waals surface area contributed by atoms with E-state index >= 15 is 0 Å². The molecule has 10 heteroatoms. The number of aromatic nitrogens is 4. The molecule has 4 heterocycles. The van der Waals surface area contributed by atoms with E-state index in [4.69, 9.17) is 20.2 Å². The van der Waals surface area contributed by atoms with Gasteiger partial charge in [0.2, 0.25) is 6.79 Å². The molecule has 32 heavy (non-hydrogen) atoms. The van der Waals surface area contributed by atoms with Crippen LogP contribution in [0.1, 0.15) is 33.1 Å². The number of imidazole rings is 1. The number of aryl methyl sites for hydroxylation is 1. The Balaban J connectivity index is 1.37. The molecule has 0 aliphatic carbocycles. The fraction of sp³-hybridized carbons (Fsp3) is 0.409. The first-order valence-electron chi connectivity index (χ1n) is 10.5. The summed E-state index contributed by atoms with van der Waals surface area (Å²) in [6.45, 7) is 9.63. The smallest absolute Gasteiger partial charge is 0.231 e. The standard InChI is InChI=1S/C22H25BrN6O2S/c1-12-6-13(9-22(2,3)28-12)4-5-29-10-25-19(24)18-20(29)27-21(26-18)32-17-8-16-15(7-14(17)23)30-11-31-16/h7-8,10,13,28H,1,4-6,9,11,24H2,2-3H3. The topological polar surface area (TPSA) is 100 Å². The summed E-state index contributed by atoms with van der Waals surface area (Å²) < 4.78 is 13.9. The van der Waals surface area contributed by atoms with Crippen molar-refractivity contribution < 1.29 is 9.47 Å². The lowest BCUT2D eigenvalue weighted by atomic mass is 9.81. The molecule has 0 saturated carbocycles. The quantitative estimate of drug-likeness (QED) is 0.503. The molecule has 1 saturated heterocycles. The number of hydrogen-bond donors (Lipinski definition) is 2. The number of nitrogens with one attached hydrogen (secondary N) is 1. The van der Waals surface area contributed by atoms with E-state index in [-0.39, 0.29) is 12.3 Å². The maximum absolute atomic E-state index is 6.13. The fourth-order valence-corrected chi connectivity index (χ4v) is 5.82. The average molecular weight is 517 g/mol. The number of allylic oxidation sites excluding steroid dienone is 1. The van der Waals surface area contributed by atoms with Crippen LogP contribution < -0.4 is 20.5 Å². The summed E-state index contributed by atoms with van der Waals surface area (Å²) in [5.74, 6) is 3.14. The molecule has 8 nitrogen and oxygen atoms in total. The summed E-state index contributed by atoms with van der Waals surface area (Å²) in [6.07, 6.45) is 4.86. The second kappa shape index (κ2) is 8.15. The van der Waals surface area contributed by atoms with E-state index in [1.54, 1.807) is 6.33 Å². The van der Waals surface area contributed by atoms with Gasteiger partial charge in [-0.05, 0) is 78.9 Å². The van der Waals surface area contributed by atoms with Gasteiger partial charge in [0.25, 0.3) is 0 Å². The van der Waals surface area contributed by atoms with E-state index in [0.717, 1.165) is 58.2 Å². The maximum atomic E-state index is 6.13. The summed E-state index contributed by atoms with van der Waals surface area (Å²) in [4.78, 5) is 14.7. The Morgan fingerprint density at radius 1 is 1.31 bits per heavy atom. The third-order valence-electron chi connectivity index (χ3n) is 5.73. The van der Waals surface area contributed by atoms with Gasteiger partial charge in [-0.2, -0.15) is 0 Å². The average Bonchev–Trinajstić information content (AvgIpc) is 3.33. The molecule has 0 spiro atoms. The molecular weight excluding hydrogens is 492 g/mol. The molecule has 0 bridgehead atoms. The van der Waals surface area contributed by atoms with Crippen molar-refractivity contribution in [1.82, 2.24) is 24.8 Å². The van der Waals surface area contributed by atoms with Gasteiger partial charge >= 0.3 is 0 Å². The van der Waals surface area contributed by atoms with E-state index in [9.17, 15) is 0 Å². The van der Waals surface area contributed by atoms with Gasteiger partial charge in [-0.1, -0.05) is 6.58 Å². The second-order valence-electron chi connectivity index (χ2n) is 8.91. The first kappa shape index (κ1) is 21.4. The van der Waals surface area contributed by atoms with Crippen molar-refractivity contribution in [3.8, 4) is 23.0 Å². The minimum Gasteiger partial charge on any atom is -0.454 e. The van der Waals surface area contributed by atoms with Gasteiger partial charge in [-0.15, -0.1) is 0 Å². The number of nitrogens with zero attached hydrogens (tertiary/aromatic N) is 4. The molecule has 0 radical (unpaired) electrons. The maximum Gasteiger partial charge on any atom is 0.231 e. The highest BCUT2D eigenvalue weighted by Crippen LogP contribution is 2.43. The van der Waals surface area contributed by atoms with Gasteiger partial charge in [0.1, 0.15) is 0 Å². The SMILES string of the molecule is C=C1CC(CCn2cnc(N)c3nc(Sc4cc5c(cc4Br)OCO5)nc2-3)CC(C)(C)N1. The Morgan fingerprint density at radius 2 is 2.09 bits per heavy atom. The van der Waals surface area contributed by atoms with Crippen LogP contribution in [0.3, 0.4) is 0 Å². The minimum absolute atomic E-state index is 0.0707. The molecule has 0 amide bonds. The number of piperidine rings is 1. The molecule has 1 fully saturated rings. The van der Waals surface area contributed by atoms with Gasteiger partial charge in [0.15, 0.2) is 34.0 Å². The molecule has 0 aromatic heterocycles. The number of anilines is 1. The highest BCUT2D eigenvalue weighted by atomic mass is 79.9. The van der Waals surface area contributed by atoms with E-state index in [2.05, 4.69) is 56.2 Å². The van der Waals surface area contributed by atoms with Crippen LogP contribution in [0.25, 0.3) is 11.5 Å². The number of hydrogen-bond acceptors (Lipinski definition) is 8. The Bertz CT molecular complexity index is 1160. The molecule has 1 aromatic rings.